The normalized spacial score (nSPS) is 19.8. The van der Waals surface area contributed by atoms with Crippen molar-refractivity contribution in [2.24, 2.45) is 5.92 Å². The zero-order chi connectivity index (χ0) is 21.6. The van der Waals surface area contributed by atoms with Crippen LogP contribution in [0.25, 0.3) is 0 Å². The molecule has 1 aliphatic heterocycles. The molecule has 0 radical (unpaired) electrons. The van der Waals surface area contributed by atoms with Crippen molar-refractivity contribution in [2.45, 2.75) is 50.0 Å². The predicted molar refractivity (Wildman–Crippen MR) is 110 cm³/mol. The second-order valence-corrected chi connectivity index (χ2v) is 9.78. The summed E-state index contributed by atoms with van der Waals surface area (Å²) in [6, 6.07) is 5.72. The second-order valence-electron chi connectivity index (χ2n) is 7.84. The molecule has 2 aliphatic rings. The molecule has 0 spiro atoms. The van der Waals surface area contributed by atoms with E-state index in [1.54, 1.807) is 0 Å². The lowest BCUT2D eigenvalue weighted by Crippen LogP contribution is -2.40. The van der Waals surface area contributed by atoms with Gasteiger partial charge in [-0.15, -0.1) is 0 Å². The summed E-state index contributed by atoms with van der Waals surface area (Å²) in [6.07, 6.45) is 4.89. The number of hydrogen-bond donors (Lipinski definition) is 1. The van der Waals surface area contributed by atoms with Crippen LogP contribution in [0.15, 0.2) is 29.2 Å². The van der Waals surface area contributed by atoms with Crippen molar-refractivity contribution in [3.63, 3.8) is 0 Å². The Labute approximate surface area is 178 Å². The van der Waals surface area contributed by atoms with Crippen molar-refractivity contribution in [3.05, 3.63) is 29.8 Å². The first kappa shape index (κ1) is 22.7. The molecule has 1 aromatic carbocycles. The van der Waals surface area contributed by atoms with E-state index in [2.05, 4.69) is 5.32 Å². The standard InChI is InChI=1S/C21H30N2O6S/c1-16(20(24)22-15-17-6-3-2-4-7-17)29-21(25)18-8-5-9-19(14-18)30(26,27)23-10-12-28-13-11-23/h5,8-9,14,16-17H,2-4,6-7,10-13,15H2,1H3,(H,22,24)/t16-/m1/s1. The number of carbonyl (C=O) groups excluding carboxylic acids is 2. The second kappa shape index (κ2) is 10.4. The summed E-state index contributed by atoms with van der Waals surface area (Å²) in [5.41, 5.74) is 0.0938. The maximum atomic E-state index is 12.8. The number of benzene rings is 1. The van der Waals surface area contributed by atoms with Crippen LogP contribution in [0.5, 0.6) is 0 Å². The van der Waals surface area contributed by atoms with Crippen molar-refractivity contribution in [2.75, 3.05) is 32.8 Å². The van der Waals surface area contributed by atoms with Gasteiger partial charge in [0.2, 0.25) is 10.0 Å². The molecule has 9 heteroatoms. The highest BCUT2D eigenvalue weighted by Gasteiger charge is 2.27. The lowest BCUT2D eigenvalue weighted by Gasteiger charge is -2.26. The monoisotopic (exact) mass is 438 g/mol. The Hall–Kier alpha value is -1.97. The van der Waals surface area contributed by atoms with Crippen LogP contribution < -0.4 is 5.32 Å². The molecule has 1 saturated carbocycles. The van der Waals surface area contributed by atoms with E-state index in [0.717, 1.165) is 12.8 Å². The molecule has 0 bridgehead atoms. The number of esters is 1. The molecule has 1 aliphatic carbocycles. The number of nitrogens with one attached hydrogen (secondary N) is 1. The van der Waals surface area contributed by atoms with Gasteiger partial charge < -0.3 is 14.8 Å². The minimum Gasteiger partial charge on any atom is -0.449 e. The molecule has 8 nitrogen and oxygen atoms in total. The molecule has 0 aromatic heterocycles. The summed E-state index contributed by atoms with van der Waals surface area (Å²) >= 11 is 0. The van der Waals surface area contributed by atoms with Gasteiger partial charge in [-0.05, 0) is 43.9 Å². The minimum atomic E-state index is -3.72. The molecule has 1 N–H and O–H groups in total. The molecule has 166 valence electrons. The molecule has 30 heavy (non-hydrogen) atoms. The van der Waals surface area contributed by atoms with E-state index in [-0.39, 0.29) is 29.5 Å². The third-order valence-electron chi connectivity index (χ3n) is 5.62. The Balaban J connectivity index is 1.58. The van der Waals surface area contributed by atoms with Crippen LogP contribution >= 0.6 is 0 Å². The van der Waals surface area contributed by atoms with Crippen molar-refractivity contribution in [3.8, 4) is 0 Å². The van der Waals surface area contributed by atoms with Crippen LogP contribution in [0.4, 0.5) is 0 Å². The highest BCUT2D eigenvalue weighted by atomic mass is 32.2. The molecule has 0 unspecified atom stereocenters. The zero-order valence-corrected chi connectivity index (χ0v) is 18.2. The number of sulfonamides is 1. The van der Waals surface area contributed by atoms with Crippen LogP contribution in [0.3, 0.4) is 0 Å². The van der Waals surface area contributed by atoms with Crippen molar-refractivity contribution < 1.29 is 27.5 Å². The van der Waals surface area contributed by atoms with Crippen LogP contribution in [-0.2, 0) is 24.3 Å². The van der Waals surface area contributed by atoms with Gasteiger partial charge in [-0.2, -0.15) is 4.31 Å². The summed E-state index contributed by atoms with van der Waals surface area (Å²) in [6.45, 7) is 3.34. The highest BCUT2D eigenvalue weighted by Crippen LogP contribution is 2.23. The minimum absolute atomic E-state index is 0.0215. The Morgan fingerprint density at radius 1 is 1.20 bits per heavy atom. The molecular weight excluding hydrogens is 408 g/mol. The fourth-order valence-electron chi connectivity index (χ4n) is 3.78. The Morgan fingerprint density at radius 2 is 1.90 bits per heavy atom. The molecule has 1 aromatic rings. The summed E-state index contributed by atoms with van der Waals surface area (Å²) in [7, 11) is -3.72. The maximum Gasteiger partial charge on any atom is 0.338 e. The average molecular weight is 439 g/mol. The van der Waals surface area contributed by atoms with Crippen LogP contribution in [0.1, 0.15) is 49.4 Å². The van der Waals surface area contributed by atoms with Gasteiger partial charge in [0.15, 0.2) is 6.10 Å². The van der Waals surface area contributed by atoms with E-state index in [9.17, 15) is 18.0 Å². The van der Waals surface area contributed by atoms with Gasteiger partial charge in [-0.25, -0.2) is 13.2 Å². The largest absolute Gasteiger partial charge is 0.449 e. The summed E-state index contributed by atoms with van der Waals surface area (Å²) in [4.78, 5) is 24.8. The molecule has 2 fully saturated rings. The van der Waals surface area contributed by atoms with Crippen LogP contribution in [-0.4, -0.2) is 63.6 Å². The first-order chi connectivity index (χ1) is 14.4. The lowest BCUT2D eigenvalue weighted by molar-refractivity contribution is -0.129. The molecule has 1 saturated heterocycles. The molecule has 1 heterocycles. The summed E-state index contributed by atoms with van der Waals surface area (Å²) in [5.74, 6) is -0.590. The van der Waals surface area contributed by atoms with E-state index < -0.39 is 22.1 Å². The quantitative estimate of drug-likeness (QED) is 0.653. The smallest absolute Gasteiger partial charge is 0.338 e. The number of amides is 1. The zero-order valence-electron chi connectivity index (χ0n) is 17.3. The van der Waals surface area contributed by atoms with Crippen molar-refractivity contribution in [1.82, 2.24) is 9.62 Å². The Morgan fingerprint density at radius 3 is 2.60 bits per heavy atom. The van der Waals surface area contributed by atoms with E-state index >= 15 is 0 Å². The number of morpholine rings is 1. The van der Waals surface area contributed by atoms with E-state index in [1.807, 2.05) is 0 Å². The number of ether oxygens (including phenoxy) is 2. The van der Waals surface area contributed by atoms with Crippen LogP contribution in [0.2, 0.25) is 0 Å². The van der Waals surface area contributed by atoms with Crippen molar-refractivity contribution >= 4 is 21.9 Å². The van der Waals surface area contributed by atoms with Gasteiger partial charge in [0, 0.05) is 19.6 Å². The number of hydrogen-bond acceptors (Lipinski definition) is 6. The van der Waals surface area contributed by atoms with E-state index in [4.69, 9.17) is 9.47 Å². The third-order valence-corrected chi connectivity index (χ3v) is 7.51. The topological polar surface area (TPSA) is 102 Å². The SMILES string of the molecule is C[C@@H](OC(=O)c1cccc(S(=O)(=O)N2CCOCC2)c1)C(=O)NCC1CCCCC1. The fraction of sp³-hybridized carbons (Fsp3) is 0.619. The van der Waals surface area contributed by atoms with Gasteiger partial charge in [-0.3, -0.25) is 4.79 Å². The number of nitrogens with zero attached hydrogens (tertiary/aromatic N) is 1. The lowest BCUT2D eigenvalue weighted by atomic mass is 9.89. The molecule has 1 amide bonds. The maximum absolute atomic E-state index is 12.8. The summed E-state index contributed by atoms with van der Waals surface area (Å²) in [5, 5.41) is 2.86. The first-order valence-electron chi connectivity index (χ1n) is 10.5. The Bertz CT molecular complexity index is 845. The number of carbonyl (C=O) groups is 2. The highest BCUT2D eigenvalue weighted by molar-refractivity contribution is 7.89. The first-order valence-corrected chi connectivity index (χ1v) is 12.0. The van der Waals surface area contributed by atoms with Gasteiger partial charge in [0.05, 0.1) is 23.7 Å². The van der Waals surface area contributed by atoms with Crippen molar-refractivity contribution in [1.29, 1.82) is 0 Å². The molecular formula is C21H30N2O6S. The van der Waals surface area contributed by atoms with E-state index in [1.165, 1.54) is 54.8 Å². The predicted octanol–water partition coefficient (Wildman–Crippen LogP) is 1.95. The third kappa shape index (κ3) is 5.80. The van der Waals surface area contributed by atoms with Gasteiger partial charge in [-0.1, -0.05) is 25.3 Å². The average Bonchev–Trinajstić information content (AvgIpc) is 2.78. The van der Waals surface area contributed by atoms with Gasteiger partial charge >= 0.3 is 5.97 Å². The van der Waals surface area contributed by atoms with Gasteiger partial charge in [0.25, 0.3) is 5.91 Å². The number of rotatable bonds is 7. The summed E-state index contributed by atoms with van der Waals surface area (Å²) < 4.78 is 37.4. The fourth-order valence-corrected chi connectivity index (χ4v) is 5.24. The van der Waals surface area contributed by atoms with Gasteiger partial charge in [0.1, 0.15) is 0 Å². The molecule has 3 rings (SSSR count). The van der Waals surface area contributed by atoms with E-state index in [0.29, 0.717) is 25.7 Å². The van der Waals surface area contributed by atoms with Crippen LogP contribution in [0, 0.1) is 5.92 Å². The molecule has 1 atom stereocenters. The Kier molecular flexibility index (Phi) is 7.85.